The van der Waals surface area contributed by atoms with E-state index in [4.69, 9.17) is 4.74 Å². The van der Waals surface area contributed by atoms with Gasteiger partial charge in [0.1, 0.15) is 6.04 Å². The summed E-state index contributed by atoms with van der Waals surface area (Å²) in [6.45, 7) is 18.8. The van der Waals surface area contributed by atoms with Gasteiger partial charge in [-0.25, -0.2) is 0 Å². The lowest BCUT2D eigenvalue weighted by Crippen LogP contribution is -2.63. The van der Waals surface area contributed by atoms with Crippen molar-refractivity contribution in [2.24, 2.45) is 23.2 Å². The molecule has 226 valence electrons. The van der Waals surface area contributed by atoms with Crippen LogP contribution in [0.25, 0.3) is 0 Å². The van der Waals surface area contributed by atoms with Gasteiger partial charge < -0.3 is 19.6 Å². The quantitative estimate of drug-likeness (QED) is 0.299. The molecule has 41 heavy (non-hydrogen) atoms. The molecule has 8 heteroatoms. The Balaban J connectivity index is 1.86. The minimum Gasteiger partial charge on any atom is -0.466 e. The summed E-state index contributed by atoms with van der Waals surface area (Å²) in [6, 6.07) is 8.32. The molecule has 2 amide bonds. The Labute approximate surface area is 250 Å². The van der Waals surface area contributed by atoms with Crippen molar-refractivity contribution >= 4 is 29.5 Å². The fourth-order valence-corrected chi connectivity index (χ4v) is 10.5. The maximum atomic E-state index is 15.0. The van der Waals surface area contributed by atoms with Crippen LogP contribution >= 0.6 is 11.8 Å². The van der Waals surface area contributed by atoms with E-state index >= 15 is 4.79 Å². The van der Waals surface area contributed by atoms with Crippen molar-refractivity contribution in [1.82, 2.24) is 9.80 Å². The number of amides is 2. The van der Waals surface area contributed by atoms with Crippen LogP contribution in [0.3, 0.4) is 0 Å². The number of benzene rings is 1. The number of thioether (sulfide) groups is 1. The van der Waals surface area contributed by atoms with Crippen LogP contribution < -0.4 is 0 Å². The third-order valence-corrected chi connectivity index (χ3v) is 11.2. The van der Waals surface area contributed by atoms with Gasteiger partial charge in [-0.05, 0) is 56.9 Å². The molecule has 0 aromatic heterocycles. The van der Waals surface area contributed by atoms with Crippen molar-refractivity contribution in [3.8, 4) is 0 Å². The number of nitrogens with zero attached hydrogens (tertiary/aromatic N) is 2. The molecular weight excluding hydrogens is 536 g/mol. The molecule has 3 fully saturated rings. The number of aliphatic hydroxyl groups is 1. The summed E-state index contributed by atoms with van der Waals surface area (Å²) in [5.74, 6) is -1.95. The van der Waals surface area contributed by atoms with E-state index in [1.807, 2.05) is 35.2 Å². The molecule has 1 N–H and O–H groups in total. The molecule has 3 aliphatic rings. The molecule has 0 aliphatic carbocycles. The number of rotatable bonds is 11. The molecule has 3 aliphatic heterocycles. The molecule has 1 aromatic rings. The molecule has 3 heterocycles. The van der Waals surface area contributed by atoms with Gasteiger partial charge in [-0.15, -0.1) is 18.3 Å². The Morgan fingerprint density at radius 2 is 1.90 bits per heavy atom. The van der Waals surface area contributed by atoms with E-state index < -0.39 is 34.2 Å². The van der Waals surface area contributed by atoms with Gasteiger partial charge in [0.15, 0.2) is 0 Å². The zero-order valence-corrected chi connectivity index (χ0v) is 26.6. The predicted octanol–water partition coefficient (Wildman–Crippen LogP) is 4.72. The molecule has 0 saturated carbocycles. The zero-order valence-electron chi connectivity index (χ0n) is 25.8. The summed E-state index contributed by atoms with van der Waals surface area (Å²) < 4.78 is 4.71. The SMILES string of the molecule is C=CCN(C(=O)C1N([C@@H](CO)Cc2ccccc2)C(=O)[C@@H]2[C@@H](C(=O)OCC)[C@H]3CC(C)C12S3)C(C)(C)CC(C)(C)C. The number of carbonyl (C=O) groups is 3. The lowest BCUT2D eigenvalue weighted by molar-refractivity contribution is -0.154. The van der Waals surface area contributed by atoms with Gasteiger partial charge in [-0.2, -0.15) is 0 Å². The van der Waals surface area contributed by atoms with E-state index in [0.717, 1.165) is 18.4 Å². The zero-order chi connectivity index (χ0) is 30.3. The number of likely N-dealkylation sites (tertiary alicyclic amines) is 1. The fourth-order valence-electron chi connectivity index (χ4n) is 8.08. The number of esters is 1. The monoisotopic (exact) mass is 584 g/mol. The normalized spacial score (nSPS) is 29.8. The lowest BCUT2D eigenvalue weighted by atomic mass is 9.66. The number of hydrogen-bond donors (Lipinski definition) is 1. The summed E-state index contributed by atoms with van der Waals surface area (Å²) in [5.41, 5.74) is 0.411. The van der Waals surface area contributed by atoms with Crippen LogP contribution in [0.15, 0.2) is 43.0 Å². The summed E-state index contributed by atoms with van der Waals surface area (Å²) in [4.78, 5) is 46.5. The Morgan fingerprint density at radius 1 is 1.24 bits per heavy atom. The predicted molar refractivity (Wildman–Crippen MR) is 163 cm³/mol. The van der Waals surface area contributed by atoms with Crippen LogP contribution in [-0.2, 0) is 25.5 Å². The van der Waals surface area contributed by atoms with Gasteiger partial charge in [0.2, 0.25) is 11.8 Å². The van der Waals surface area contributed by atoms with Crippen molar-refractivity contribution in [3.63, 3.8) is 0 Å². The first-order chi connectivity index (χ1) is 19.2. The molecule has 7 nitrogen and oxygen atoms in total. The van der Waals surface area contributed by atoms with Crippen molar-refractivity contribution in [2.45, 2.75) is 95.3 Å². The van der Waals surface area contributed by atoms with Gasteiger partial charge in [-0.3, -0.25) is 14.4 Å². The van der Waals surface area contributed by atoms with Gasteiger partial charge in [0.05, 0.1) is 35.8 Å². The second kappa shape index (κ2) is 11.8. The summed E-state index contributed by atoms with van der Waals surface area (Å²) in [6.07, 6.45) is 3.65. The number of ether oxygens (including phenoxy) is 1. The Kier molecular flexibility index (Phi) is 9.06. The maximum absolute atomic E-state index is 15.0. The van der Waals surface area contributed by atoms with Gasteiger partial charge in [0, 0.05) is 17.3 Å². The van der Waals surface area contributed by atoms with E-state index in [-0.39, 0.29) is 47.6 Å². The fraction of sp³-hybridized carbons (Fsp3) is 0.667. The number of aliphatic hydroxyl groups excluding tert-OH is 1. The van der Waals surface area contributed by atoms with Crippen LogP contribution in [0.4, 0.5) is 0 Å². The minimum absolute atomic E-state index is 0.0310. The maximum Gasteiger partial charge on any atom is 0.310 e. The highest BCUT2D eigenvalue weighted by Gasteiger charge is 2.77. The van der Waals surface area contributed by atoms with Crippen LogP contribution in [0.5, 0.6) is 0 Å². The Bertz CT molecular complexity index is 1150. The molecule has 1 aromatic carbocycles. The van der Waals surface area contributed by atoms with Crippen LogP contribution in [0.2, 0.25) is 0 Å². The minimum atomic E-state index is -0.815. The first-order valence-electron chi connectivity index (χ1n) is 15.0. The highest BCUT2D eigenvalue weighted by atomic mass is 32.2. The number of hydrogen-bond acceptors (Lipinski definition) is 6. The third-order valence-electron chi connectivity index (χ3n) is 9.17. The number of fused-ring (bicyclic) bond motifs is 1. The van der Waals surface area contributed by atoms with E-state index in [0.29, 0.717) is 13.0 Å². The molecule has 4 rings (SSSR count). The average molecular weight is 585 g/mol. The molecule has 0 radical (unpaired) electrons. The largest absolute Gasteiger partial charge is 0.466 e. The lowest BCUT2D eigenvalue weighted by Gasteiger charge is -2.47. The van der Waals surface area contributed by atoms with E-state index in [9.17, 15) is 14.7 Å². The van der Waals surface area contributed by atoms with Crippen molar-refractivity contribution in [3.05, 3.63) is 48.6 Å². The van der Waals surface area contributed by atoms with E-state index in [2.05, 4.69) is 48.1 Å². The van der Waals surface area contributed by atoms with Crippen molar-refractivity contribution < 1.29 is 24.2 Å². The molecule has 3 unspecified atom stereocenters. The second-order valence-corrected chi connectivity index (χ2v) is 15.4. The average Bonchev–Trinajstić information content (AvgIpc) is 3.48. The van der Waals surface area contributed by atoms with Crippen LogP contribution in [-0.4, -0.2) is 80.1 Å². The molecule has 7 atom stereocenters. The highest BCUT2D eigenvalue weighted by molar-refractivity contribution is 8.02. The summed E-state index contributed by atoms with van der Waals surface area (Å²) >= 11 is 1.64. The van der Waals surface area contributed by atoms with Gasteiger partial charge in [-0.1, -0.05) is 64.1 Å². The molecule has 3 saturated heterocycles. The molecule has 2 bridgehead atoms. The Morgan fingerprint density at radius 3 is 2.46 bits per heavy atom. The smallest absolute Gasteiger partial charge is 0.310 e. The van der Waals surface area contributed by atoms with Crippen LogP contribution in [0, 0.1) is 23.2 Å². The van der Waals surface area contributed by atoms with E-state index in [1.165, 1.54) is 0 Å². The van der Waals surface area contributed by atoms with E-state index in [1.54, 1.807) is 29.7 Å². The summed E-state index contributed by atoms with van der Waals surface area (Å²) in [5, 5.41) is 10.7. The molecular formula is C33H48N2O5S. The standard InChI is InChI=1S/C33H48N2O5S/c1-9-16-34(32(7,8)20-31(4,5)6)29(38)27-33-21(3)17-24(41-33)25(30(39)40-10-2)26(33)28(37)35(27)23(19-36)18-22-14-12-11-13-15-22/h9,11-15,21,23-27,36H,1,10,16-20H2,2-8H3/t21?,23-,24-,25+,26+,27?,33?/m1/s1. The highest BCUT2D eigenvalue weighted by Crippen LogP contribution is 2.69. The second-order valence-electron chi connectivity index (χ2n) is 13.9. The third kappa shape index (κ3) is 5.58. The Hall–Kier alpha value is -2.32. The first-order valence-corrected chi connectivity index (χ1v) is 15.8. The van der Waals surface area contributed by atoms with Crippen molar-refractivity contribution in [2.75, 3.05) is 19.8 Å². The van der Waals surface area contributed by atoms with Gasteiger partial charge in [0.25, 0.3) is 0 Å². The first kappa shape index (κ1) is 31.6. The number of carbonyl (C=O) groups excluding carboxylic acids is 3. The summed E-state index contributed by atoms with van der Waals surface area (Å²) in [7, 11) is 0. The van der Waals surface area contributed by atoms with Crippen LogP contribution in [0.1, 0.15) is 66.9 Å². The molecule has 1 spiro atoms. The van der Waals surface area contributed by atoms with Crippen molar-refractivity contribution in [1.29, 1.82) is 0 Å². The van der Waals surface area contributed by atoms with Gasteiger partial charge >= 0.3 is 5.97 Å². The topological polar surface area (TPSA) is 87.2 Å².